The number of hydrogen-bond acceptors (Lipinski definition) is 3. The van der Waals surface area contributed by atoms with E-state index in [4.69, 9.17) is 0 Å². The summed E-state index contributed by atoms with van der Waals surface area (Å²) in [6, 6.07) is 8.41. The normalized spacial score (nSPS) is 11.9. The molecule has 2 rings (SSSR count). The van der Waals surface area contributed by atoms with Gasteiger partial charge in [0, 0.05) is 17.8 Å². The van der Waals surface area contributed by atoms with Gasteiger partial charge in [0.1, 0.15) is 9.84 Å². The van der Waals surface area contributed by atoms with Crippen LogP contribution in [0.15, 0.2) is 30.5 Å². The Hall–Kier alpha value is -1.42. The third-order valence-electron chi connectivity index (χ3n) is 3.87. The second kappa shape index (κ2) is 7.73. The zero-order valence-corrected chi connectivity index (χ0v) is 14.3. The van der Waals surface area contributed by atoms with Gasteiger partial charge in [-0.2, -0.15) is 0 Å². The molecule has 0 saturated heterocycles. The van der Waals surface area contributed by atoms with Gasteiger partial charge in [-0.25, -0.2) is 8.42 Å². The van der Waals surface area contributed by atoms with Crippen molar-refractivity contribution in [3.05, 3.63) is 41.6 Å². The highest BCUT2D eigenvalue weighted by molar-refractivity contribution is 7.90. The molecule has 0 unspecified atom stereocenters. The summed E-state index contributed by atoms with van der Waals surface area (Å²) >= 11 is 0. The first-order valence-corrected chi connectivity index (χ1v) is 10.1. The SMILES string of the molecule is CCCCCc1cc(CCCS(C)(=O)=O)cc2cccnc12. The zero-order chi connectivity index (χ0) is 16.0. The van der Waals surface area contributed by atoms with Gasteiger partial charge in [0.15, 0.2) is 0 Å². The van der Waals surface area contributed by atoms with E-state index in [1.807, 2.05) is 12.3 Å². The van der Waals surface area contributed by atoms with Crippen LogP contribution in [0.2, 0.25) is 0 Å². The van der Waals surface area contributed by atoms with Crippen molar-refractivity contribution in [3.63, 3.8) is 0 Å². The largest absolute Gasteiger partial charge is 0.256 e. The van der Waals surface area contributed by atoms with Crippen molar-refractivity contribution in [1.82, 2.24) is 4.98 Å². The van der Waals surface area contributed by atoms with Crippen LogP contribution in [0, 0.1) is 0 Å². The Bertz CT molecular complexity index is 723. The Morgan fingerprint density at radius 3 is 2.64 bits per heavy atom. The molecule has 1 aromatic heterocycles. The predicted molar refractivity (Wildman–Crippen MR) is 93.0 cm³/mol. The second-order valence-corrected chi connectivity index (χ2v) is 8.28. The van der Waals surface area contributed by atoms with Crippen molar-refractivity contribution < 1.29 is 8.42 Å². The third-order valence-corrected chi connectivity index (χ3v) is 4.90. The van der Waals surface area contributed by atoms with E-state index in [1.54, 1.807) is 0 Å². The lowest BCUT2D eigenvalue weighted by atomic mass is 9.98. The molecule has 0 atom stereocenters. The lowest BCUT2D eigenvalue weighted by Gasteiger charge is -2.09. The summed E-state index contributed by atoms with van der Waals surface area (Å²) in [6.45, 7) is 2.21. The van der Waals surface area contributed by atoms with Crippen LogP contribution in [0.5, 0.6) is 0 Å². The number of sulfone groups is 1. The number of aromatic nitrogens is 1. The number of unbranched alkanes of at least 4 members (excludes halogenated alkanes) is 2. The fraction of sp³-hybridized carbons (Fsp3) is 0.500. The number of pyridine rings is 1. The lowest BCUT2D eigenvalue weighted by molar-refractivity contribution is 0.599. The van der Waals surface area contributed by atoms with Gasteiger partial charge in [0.25, 0.3) is 0 Å². The summed E-state index contributed by atoms with van der Waals surface area (Å²) in [5, 5.41) is 1.16. The van der Waals surface area contributed by atoms with Gasteiger partial charge in [0.05, 0.1) is 11.3 Å². The first-order valence-electron chi connectivity index (χ1n) is 8.04. The summed E-state index contributed by atoms with van der Waals surface area (Å²) in [5.41, 5.74) is 3.60. The maximum Gasteiger partial charge on any atom is 0.147 e. The summed E-state index contributed by atoms with van der Waals surface area (Å²) in [6.07, 6.45) is 9.28. The van der Waals surface area contributed by atoms with Gasteiger partial charge in [-0.1, -0.05) is 31.9 Å². The van der Waals surface area contributed by atoms with Crippen LogP contribution in [-0.2, 0) is 22.7 Å². The van der Waals surface area contributed by atoms with Crippen LogP contribution in [0.25, 0.3) is 10.9 Å². The van der Waals surface area contributed by atoms with E-state index >= 15 is 0 Å². The van der Waals surface area contributed by atoms with Crippen LogP contribution >= 0.6 is 0 Å². The van der Waals surface area contributed by atoms with Crippen molar-refractivity contribution in [2.45, 2.75) is 45.4 Å². The summed E-state index contributed by atoms with van der Waals surface area (Å²) in [4.78, 5) is 4.52. The number of aryl methyl sites for hydroxylation is 2. The van der Waals surface area contributed by atoms with Gasteiger partial charge < -0.3 is 0 Å². The third kappa shape index (κ3) is 5.09. The maximum atomic E-state index is 11.3. The van der Waals surface area contributed by atoms with Crippen LogP contribution in [0.1, 0.15) is 43.7 Å². The first-order chi connectivity index (χ1) is 10.5. The second-order valence-electron chi connectivity index (χ2n) is 6.02. The van der Waals surface area contributed by atoms with Crippen molar-refractivity contribution in [2.24, 2.45) is 0 Å². The van der Waals surface area contributed by atoms with E-state index in [9.17, 15) is 8.42 Å². The first kappa shape index (κ1) is 16.9. The molecule has 3 nitrogen and oxygen atoms in total. The summed E-state index contributed by atoms with van der Waals surface area (Å²) < 4.78 is 22.5. The van der Waals surface area contributed by atoms with Crippen LogP contribution in [0.3, 0.4) is 0 Å². The van der Waals surface area contributed by atoms with Crippen LogP contribution < -0.4 is 0 Å². The number of benzene rings is 1. The molecule has 0 amide bonds. The smallest absolute Gasteiger partial charge is 0.147 e. The Labute approximate surface area is 133 Å². The average Bonchev–Trinajstić information content (AvgIpc) is 2.46. The Morgan fingerprint density at radius 2 is 1.91 bits per heavy atom. The summed E-state index contributed by atoms with van der Waals surface area (Å²) in [7, 11) is -2.88. The zero-order valence-electron chi connectivity index (χ0n) is 13.5. The minimum absolute atomic E-state index is 0.253. The van der Waals surface area contributed by atoms with Crippen molar-refractivity contribution >= 4 is 20.7 Å². The highest BCUT2D eigenvalue weighted by Crippen LogP contribution is 2.22. The van der Waals surface area contributed by atoms with E-state index in [0.29, 0.717) is 6.42 Å². The maximum absolute atomic E-state index is 11.3. The Morgan fingerprint density at radius 1 is 1.09 bits per heavy atom. The van der Waals surface area contributed by atoms with E-state index in [-0.39, 0.29) is 5.75 Å². The molecule has 0 N–H and O–H groups in total. The molecule has 0 aliphatic rings. The van der Waals surface area contributed by atoms with Gasteiger partial charge in [-0.3, -0.25) is 4.98 Å². The Balaban J connectivity index is 2.19. The van der Waals surface area contributed by atoms with Gasteiger partial charge in [0.2, 0.25) is 0 Å². The topological polar surface area (TPSA) is 47.0 Å². The van der Waals surface area contributed by atoms with Crippen LogP contribution in [0.4, 0.5) is 0 Å². The molecular formula is C18H25NO2S. The lowest BCUT2D eigenvalue weighted by Crippen LogP contribution is -2.04. The molecule has 22 heavy (non-hydrogen) atoms. The van der Waals surface area contributed by atoms with Crippen molar-refractivity contribution in [2.75, 3.05) is 12.0 Å². The molecule has 0 fully saturated rings. The van der Waals surface area contributed by atoms with Crippen molar-refractivity contribution in [3.8, 4) is 0 Å². The monoisotopic (exact) mass is 319 g/mol. The molecule has 0 aliphatic carbocycles. The van der Waals surface area contributed by atoms with Crippen LogP contribution in [-0.4, -0.2) is 25.4 Å². The van der Waals surface area contributed by atoms with E-state index in [1.165, 1.54) is 36.6 Å². The minimum atomic E-state index is -2.88. The van der Waals surface area contributed by atoms with Crippen molar-refractivity contribution in [1.29, 1.82) is 0 Å². The number of hydrogen-bond donors (Lipinski definition) is 0. The average molecular weight is 319 g/mol. The molecule has 0 saturated carbocycles. The van der Waals surface area contributed by atoms with Gasteiger partial charge >= 0.3 is 0 Å². The fourth-order valence-corrected chi connectivity index (χ4v) is 3.44. The molecule has 120 valence electrons. The molecule has 0 spiro atoms. The minimum Gasteiger partial charge on any atom is -0.256 e. The fourth-order valence-electron chi connectivity index (χ4n) is 2.77. The highest BCUT2D eigenvalue weighted by Gasteiger charge is 2.07. The quantitative estimate of drug-likeness (QED) is 0.692. The van der Waals surface area contributed by atoms with Gasteiger partial charge in [-0.05, 0) is 48.9 Å². The van der Waals surface area contributed by atoms with E-state index in [2.05, 4.69) is 30.1 Å². The molecule has 2 aromatic rings. The molecule has 0 aliphatic heterocycles. The number of rotatable bonds is 8. The Kier molecular flexibility index (Phi) is 5.95. The molecule has 1 aromatic carbocycles. The van der Waals surface area contributed by atoms with E-state index in [0.717, 1.165) is 23.7 Å². The molecule has 0 bridgehead atoms. The molecule has 1 heterocycles. The van der Waals surface area contributed by atoms with Gasteiger partial charge in [-0.15, -0.1) is 0 Å². The van der Waals surface area contributed by atoms with E-state index < -0.39 is 9.84 Å². The summed E-state index contributed by atoms with van der Waals surface area (Å²) in [5.74, 6) is 0.253. The standard InChI is InChI=1S/C18H25NO2S/c1-3-4-5-9-16-13-15(8-7-12-22(2,20)21)14-17-10-6-11-19-18(16)17/h6,10-11,13-14H,3-5,7-9,12H2,1-2H3. The molecule has 4 heteroatoms. The number of nitrogens with zero attached hydrogens (tertiary/aromatic N) is 1. The number of fused-ring (bicyclic) bond motifs is 1. The highest BCUT2D eigenvalue weighted by atomic mass is 32.2. The predicted octanol–water partition coefficient (Wildman–Crippen LogP) is 3.94. The molecular weight excluding hydrogens is 294 g/mol. The molecule has 0 radical (unpaired) electrons.